The molecule has 1 amide bonds. The minimum atomic E-state index is -0.463. The van der Waals surface area contributed by atoms with Gasteiger partial charge in [0.05, 0.1) is 13.7 Å². The number of hydrogen-bond acceptors (Lipinski definition) is 4. The molecule has 2 aromatic carbocycles. The van der Waals surface area contributed by atoms with E-state index < -0.39 is 5.91 Å². The second-order valence-corrected chi connectivity index (χ2v) is 5.75. The molecule has 5 nitrogen and oxygen atoms in total. The Balaban J connectivity index is 2.29. The Bertz CT molecular complexity index is 851. The van der Waals surface area contributed by atoms with Crippen LogP contribution < -0.4 is 14.8 Å². The third-order valence-corrected chi connectivity index (χ3v) is 3.62. The number of aryl methyl sites for hydroxylation is 1. The van der Waals surface area contributed by atoms with Crippen LogP contribution in [0.1, 0.15) is 24.5 Å². The van der Waals surface area contributed by atoms with Gasteiger partial charge in [0, 0.05) is 17.3 Å². The van der Waals surface area contributed by atoms with E-state index in [0.29, 0.717) is 29.4 Å². The summed E-state index contributed by atoms with van der Waals surface area (Å²) in [6.07, 6.45) is 2.37. The van der Waals surface area contributed by atoms with E-state index in [2.05, 4.69) is 5.32 Å². The fourth-order valence-corrected chi connectivity index (χ4v) is 2.32. The first-order chi connectivity index (χ1) is 12.6. The largest absolute Gasteiger partial charge is 0.497 e. The van der Waals surface area contributed by atoms with Gasteiger partial charge in [-0.3, -0.25) is 4.79 Å². The van der Waals surface area contributed by atoms with Gasteiger partial charge in [-0.05, 0) is 49.2 Å². The summed E-state index contributed by atoms with van der Waals surface area (Å²) in [7, 11) is 1.57. The summed E-state index contributed by atoms with van der Waals surface area (Å²) in [6.45, 7) is 4.47. The number of ether oxygens (including phenoxy) is 2. The van der Waals surface area contributed by atoms with Crippen LogP contribution in [0.3, 0.4) is 0 Å². The lowest BCUT2D eigenvalue weighted by molar-refractivity contribution is -0.112. The lowest BCUT2D eigenvalue weighted by Gasteiger charge is -2.11. The minimum Gasteiger partial charge on any atom is -0.497 e. The number of nitrogens with one attached hydrogen (secondary N) is 1. The van der Waals surface area contributed by atoms with E-state index in [4.69, 9.17) is 9.47 Å². The van der Waals surface area contributed by atoms with E-state index in [-0.39, 0.29) is 5.57 Å². The molecule has 0 aliphatic heterocycles. The average Bonchev–Trinajstić information content (AvgIpc) is 2.64. The Morgan fingerprint density at radius 3 is 2.73 bits per heavy atom. The molecule has 0 saturated carbocycles. The molecule has 2 rings (SSSR count). The van der Waals surface area contributed by atoms with Crippen molar-refractivity contribution in [2.24, 2.45) is 0 Å². The molecule has 0 fully saturated rings. The average molecular weight is 350 g/mol. The van der Waals surface area contributed by atoms with Gasteiger partial charge in [0.2, 0.25) is 0 Å². The highest BCUT2D eigenvalue weighted by Gasteiger charge is 2.12. The molecule has 2 aromatic rings. The number of nitrogens with zero attached hydrogens (tertiary/aromatic N) is 1. The Hall–Kier alpha value is -3.26. The van der Waals surface area contributed by atoms with E-state index in [0.717, 1.165) is 12.0 Å². The maximum Gasteiger partial charge on any atom is 0.266 e. The maximum atomic E-state index is 12.4. The van der Waals surface area contributed by atoms with Crippen LogP contribution in [-0.4, -0.2) is 19.6 Å². The summed E-state index contributed by atoms with van der Waals surface area (Å²) < 4.78 is 10.9. The van der Waals surface area contributed by atoms with Crippen molar-refractivity contribution in [2.75, 3.05) is 19.0 Å². The van der Waals surface area contributed by atoms with E-state index in [9.17, 15) is 10.1 Å². The van der Waals surface area contributed by atoms with Crippen LogP contribution >= 0.6 is 0 Å². The number of nitriles is 1. The Kier molecular flexibility index (Phi) is 6.81. The SMILES string of the molecule is CCCOc1cc(OC)ccc1/C=C(\C#N)C(=O)Nc1cccc(C)c1. The van der Waals surface area contributed by atoms with Gasteiger partial charge in [0.25, 0.3) is 5.91 Å². The molecule has 0 saturated heterocycles. The summed E-state index contributed by atoms with van der Waals surface area (Å²) in [5.74, 6) is 0.758. The lowest BCUT2D eigenvalue weighted by atomic mass is 10.1. The highest BCUT2D eigenvalue weighted by molar-refractivity contribution is 6.09. The Morgan fingerprint density at radius 1 is 1.27 bits per heavy atom. The van der Waals surface area contributed by atoms with Crippen LogP contribution in [0.4, 0.5) is 5.69 Å². The van der Waals surface area contributed by atoms with Gasteiger partial charge in [-0.15, -0.1) is 0 Å². The molecule has 0 aliphatic carbocycles. The van der Waals surface area contributed by atoms with Crippen molar-refractivity contribution in [3.8, 4) is 17.6 Å². The van der Waals surface area contributed by atoms with Crippen LogP contribution in [-0.2, 0) is 4.79 Å². The molecule has 0 spiro atoms. The molecule has 0 aliphatic rings. The van der Waals surface area contributed by atoms with Gasteiger partial charge < -0.3 is 14.8 Å². The number of anilines is 1. The monoisotopic (exact) mass is 350 g/mol. The Morgan fingerprint density at radius 2 is 2.08 bits per heavy atom. The summed E-state index contributed by atoms with van der Waals surface area (Å²) in [6, 6.07) is 14.6. The lowest BCUT2D eigenvalue weighted by Crippen LogP contribution is -2.13. The molecule has 1 N–H and O–H groups in total. The fraction of sp³-hybridized carbons (Fsp3) is 0.238. The van der Waals surface area contributed by atoms with E-state index in [1.54, 1.807) is 31.4 Å². The van der Waals surface area contributed by atoms with Crippen LogP contribution in [0.5, 0.6) is 11.5 Å². The number of methoxy groups -OCH3 is 1. The van der Waals surface area contributed by atoms with Crippen molar-refractivity contribution in [2.45, 2.75) is 20.3 Å². The summed E-state index contributed by atoms with van der Waals surface area (Å²) in [5, 5.41) is 12.2. The van der Waals surface area contributed by atoms with Gasteiger partial charge in [0.1, 0.15) is 23.1 Å². The normalized spacial score (nSPS) is 10.8. The maximum absolute atomic E-state index is 12.4. The van der Waals surface area contributed by atoms with Gasteiger partial charge in [-0.25, -0.2) is 0 Å². The molecule has 0 heterocycles. The third-order valence-electron chi connectivity index (χ3n) is 3.62. The summed E-state index contributed by atoms with van der Waals surface area (Å²) >= 11 is 0. The van der Waals surface area contributed by atoms with Crippen molar-refractivity contribution >= 4 is 17.7 Å². The zero-order valence-corrected chi connectivity index (χ0v) is 15.2. The van der Waals surface area contributed by atoms with Gasteiger partial charge in [-0.1, -0.05) is 19.1 Å². The number of benzene rings is 2. The van der Waals surface area contributed by atoms with Crippen LogP contribution in [0.15, 0.2) is 48.0 Å². The quantitative estimate of drug-likeness (QED) is 0.596. The highest BCUT2D eigenvalue weighted by atomic mass is 16.5. The minimum absolute atomic E-state index is 0.00183. The first kappa shape index (κ1) is 19.1. The van der Waals surface area contributed by atoms with Crippen LogP contribution in [0, 0.1) is 18.3 Å². The van der Waals surface area contributed by atoms with Crippen molar-refractivity contribution in [3.63, 3.8) is 0 Å². The molecule has 0 atom stereocenters. The molecule has 26 heavy (non-hydrogen) atoms. The standard InChI is InChI=1S/C21H22N2O3/c1-4-10-26-20-13-19(25-3)9-8-16(20)12-17(14-22)21(24)23-18-7-5-6-15(2)11-18/h5-9,11-13H,4,10H2,1-3H3,(H,23,24)/b17-12+. The third kappa shape index (κ3) is 5.12. The zero-order chi connectivity index (χ0) is 18.9. The van der Waals surface area contributed by atoms with Gasteiger partial charge in [0.15, 0.2) is 0 Å². The Labute approximate surface area is 153 Å². The summed E-state index contributed by atoms with van der Waals surface area (Å²) in [4.78, 5) is 12.4. The number of amides is 1. The first-order valence-corrected chi connectivity index (χ1v) is 8.38. The molecule has 0 aromatic heterocycles. The molecule has 0 radical (unpaired) electrons. The summed E-state index contributed by atoms with van der Waals surface area (Å²) in [5.41, 5.74) is 2.32. The smallest absolute Gasteiger partial charge is 0.266 e. The second-order valence-electron chi connectivity index (χ2n) is 5.75. The van der Waals surface area contributed by atoms with Crippen molar-refractivity contribution in [3.05, 3.63) is 59.2 Å². The molecule has 134 valence electrons. The van der Waals surface area contributed by atoms with Gasteiger partial charge >= 0.3 is 0 Å². The predicted molar refractivity (Wildman–Crippen MR) is 102 cm³/mol. The van der Waals surface area contributed by atoms with E-state index >= 15 is 0 Å². The second kappa shape index (κ2) is 9.28. The molecular weight excluding hydrogens is 328 g/mol. The van der Waals surface area contributed by atoms with Crippen molar-refractivity contribution < 1.29 is 14.3 Å². The van der Waals surface area contributed by atoms with Crippen LogP contribution in [0.25, 0.3) is 6.08 Å². The number of rotatable bonds is 7. The van der Waals surface area contributed by atoms with Crippen molar-refractivity contribution in [1.82, 2.24) is 0 Å². The topological polar surface area (TPSA) is 71.3 Å². The highest BCUT2D eigenvalue weighted by Crippen LogP contribution is 2.27. The zero-order valence-electron chi connectivity index (χ0n) is 15.2. The molecular formula is C21H22N2O3. The molecule has 0 unspecified atom stereocenters. The number of hydrogen-bond donors (Lipinski definition) is 1. The number of carbonyl (C=O) groups excluding carboxylic acids is 1. The number of carbonyl (C=O) groups is 1. The van der Waals surface area contributed by atoms with Crippen LogP contribution in [0.2, 0.25) is 0 Å². The fourth-order valence-electron chi connectivity index (χ4n) is 2.32. The van der Waals surface area contributed by atoms with Crippen molar-refractivity contribution in [1.29, 1.82) is 5.26 Å². The van der Waals surface area contributed by atoms with E-state index in [1.165, 1.54) is 6.08 Å². The predicted octanol–water partition coefficient (Wildman–Crippen LogP) is 4.34. The van der Waals surface area contributed by atoms with E-state index in [1.807, 2.05) is 38.1 Å². The van der Waals surface area contributed by atoms with Gasteiger partial charge in [-0.2, -0.15) is 5.26 Å². The molecule has 5 heteroatoms. The first-order valence-electron chi connectivity index (χ1n) is 8.38. The molecule has 0 bridgehead atoms.